The average molecular weight is 253 g/mol. The molecule has 1 heterocycles. The largest absolute Gasteiger partial charge is 0.324 e. The molecule has 0 spiro atoms. The third kappa shape index (κ3) is 1.73. The molecule has 4 heteroatoms. The maximum Gasteiger partial charge on any atom is 0.127 e. The normalized spacial score (nSPS) is 18.3. The van der Waals surface area contributed by atoms with Crippen LogP contribution in [0.4, 0.5) is 4.39 Å². The zero-order valence-electron chi connectivity index (χ0n) is 9.66. The van der Waals surface area contributed by atoms with Crippen LogP contribution in [0.1, 0.15) is 43.4 Å². The molecular formula is C13H14ClFN2. The highest BCUT2D eigenvalue weighted by molar-refractivity contribution is 6.20. The predicted molar refractivity (Wildman–Crippen MR) is 66.8 cm³/mol. The number of alkyl halides is 1. The number of fused-ring (bicyclic) bond motifs is 1. The van der Waals surface area contributed by atoms with Crippen LogP contribution in [0.15, 0.2) is 18.2 Å². The van der Waals surface area contributed by atoms with E-state index in [0.717, 1.165) is 29.7 Å². The molecular weight excluding hydrogens is 239 g/mol. The average Bonchev–Trinajstić information content (AvgIpc) is 2.55. The van der Waals surface area contributed by atoms with Gasteiger partial charge in [-0.05, 0) is 44.4 Å². The van der Waals surface area contributed by atoms with Crippen molar-refractivity contribution in [3.8, 4) is 0 Å². The molecule has 1 aliphatic carbocycles. The first-order chi connectivity index (χ1) is 8.16. The number of rotatable bonds is 2. The van der Waals surface area contributed by atoms with Crippen molar-refractivity contribution in [2.24, 2.45) is 0 Å². The van der Waals surface area contributed by atoms with Gasteiger partial charge in [-0.3, -0.25) is 0 Å². The molecule has 2 nitrogen and oxygen atoms in total. The summed E-state index contributed by atoms with van der Waals surface area (Å²) in [5.41, 5.74) is 1.71. The third-order valence-corrected chi connectivity index (χ3v) is 3.67. The van der Waals surface area contributed by atoms with Gasteiger partial charge in [0.1, 0.15) is 11.6 Å². The molecule has 0 bridgehead atoms. The number of halogens is 2. The van der Waals surface area contributed by atoms with Crippen molar-refractivity contribution in [2.45, 2.75) is 37.6 Å². The lowest BCUT2D eigenvalue weighted by atomic mass is 9.92. The van der Waals surface area contributed by atoms with Crippen molar-refractivity contribution in [3.63, 3.8) is 0 Å². The Balaban J connectivity index is 2.24. The third-order valence-electron chi connectivity index (χ3n) is 3.47. The highest BCUT2D eigenvalue weighted by Gasteiger charge is 2.26. The van der Waals surface area contributed by atoms with Crippen LogP contribution >= 0.6 is 11.6 Å². The Labute approximate surface area is 104 Å². The molecule has 1 aromatic carbocycles. The Morgan fingerprint density at radius 2 is 2.24 bits per heavy atom. The Morgan fingerprint density at radius 1 is 1.47 bits per heavy atom. The molecule has 0 aliphatic heterocycles. The van der Waals surface area contributed by atoms with Crippen LogP contribution in [-0.4, -0.2) is 9.55 Å². The van der Waals surface area contributed by atoms with E-state index >= 15 is 0 Å². The molecule has 1 aliphatic rings. The Kier molecular flexibility index (Phi) is 2.58. The lowest BCUT2D eigenvalue weighted by molar-refractivity contribution is 0.313. The van der Waals surface area contributed by atoms with Crippen LogP contribution in [-0.2, 0) is 0 Å². The lowest BCUT2D eigenvalue weighted by Crippen LogP contribution is -2.19. The summed E-state index contributed by atoms with van der Waals surface area (Å²) >= 11 is 6.17. The van der Waals surface area contributed by atoms with E-state index in [1.807, 2.05) is 6.92 Å². The van der Waals surface area contributed by atoms with E-state index < -0.39 is 0 Å². The van der Waals surface area contributed by atoms with E-state index in [-0.39, 0.29) is 11.2 Å². The summed E-state index contributed by atoms with van der Waals surface area (Å²) in [5.74, 6) is 0.642. The second-order valence-corrected chi connectivity index (χ2v) is 5.33. The van der Waals surface area contributed by atoms with Crippen LogP contribution in [0.25, 0.3) is 11.0 Å². The van der Waals surface area contributed by atoms with Gasteiger partial charge in [0.2, 0.25) is 0 Å². The number of aromatic nitrogens is 2. The molecule has 0 radical (unpaired) electrons. The molecule has 0 saturated heterocycles. The maximum absolute atomic E-state index is 13.3. The number of nitrogens with zero attached hydrogens (tertiary/aromatic N) is 2. The van der Waals surface area contributed by atoms with Crippen LogP contribution in [0.5, 0.6) is 0 Å². The topological polar surface area (TPSA) is 17.8 Å². The minimum absolute atomic E-state index is 0.147. The minimum Gasteiger partial charge on any atom is -0.324 e. The lowest BCUT2D eigenvalue weighted by Gasteiger charge is -2.29. The molecule has 0 N–H and O–H groups in total. The highest BCUT2D eigenvalue weighted by Crippen LogP contribution is 2.38. The van der Waals surface area contributed by atoms with Crippen LogP contribution in [0.3, 0.4) is 0 Å². The Hall–Kier alpha value is -1.09. The molecule has 3 rings (SSSR count). The van der Waals surface area contributed by atoms with Crippen LogP contribution < -0.4 is 0 Å². The summed E-state index contributed by atoms with van der Waals surface area (Å²) in [6, 6.07) is 5.17. The standard InChI is InChI=1S/C13H14ClFN2/c1-8(14)13-16-11-6-5-9(15)7-12(11)17(13)10-3-2-4-10/h5-8,10H,2-4H2,1H3. The summed E-state index contributed by atoms with van der Waals surface area (Å²) in [4.78, 5) is 4.52. The molecule has 1 fully saturated rings. The van der Waals surface area contributed by atoms with Gasteiger partial charge in [-0.1, -0.05) is 0 Å². The monoisotopic (exact) mass is 252 g/mol. The van der Waals surface area contributed by atoms with Crippen molar-refractivity contribution in [1.29, 1.82) is 0 Å². The second-order valence-electron chi connectivity index (χ2n) is 4.67. The van der Waals surface area contributed by atoms with Crippen molar-refractivity contribution in [1.82, 2.24) is 9.55 Å². The first-order valence-electron chi connectivity index (χ1n) is 5.98. The van der Waals surface area contributed by atoms with E-state index in [1.165, 1.54) is 12.5 Å². The number of hydrogen-bond donors (Lipinski definition) is 0. The zero-order valence-corrected chi connectivity index (χ0v) is 10.4. The van der Waals surface area contributed by atoms with Crippen LogP contribution in [0, 0.1) is 5.82 Å². The van der Waals surface area contributed by atoms with Crippen molar-refractivity contribution in [3.05, 3.63) is 29.8 Å². The minimum atomic E-state index is -0.216. The van der Waals surface area contributed by atoms with E-state index in [4.69, 9.17) is 11.6 Å². The first-order valence-corrected chi connectivity index (χ1v) is 6.42. The molecule has 1 aromatic heterocycles. The van der Waals surface area contributed by atoms with Gasteiger partial charge in [-0.2, -0.15) is 0 Å². The molecule has 0 amide bonds. The van der Waals surface area contributed by atoms with Gasteiger partial charge >= 0.3 is 0 Å². The maximum atomic E-state index is 13.3. The molecule has 1 saturated carbocycles. The van der Waals surface area contributed by atoms with Gasteiger partial charge in [0.15, 0.2) is 0 Å². The molecule has 90 valence electrons. The summed E-state index contributed by atoms with van der Waals surface area (Å²) < 4.78 is 15.5. The van der Waals surface area contributed by atoms with Crippen molar-refractivity contribution < 1.29 is 4.39 Å². The van der Waals surface area contributed by atoms with Crippen molar-refractivity contribution >= 4 is 22.6 Å². The second kappa shape index (κ2) is 3.98. The van der Waals surface area contributed by atoms with E-state index in [2.05, 4.69) is 9.55 Å². The molecule has 1 atom stereocenters. The fourth-order valence-corrected chi connectivity index (χ4v) is 2.55. The quantitative estimate of drug-likeness (QED) is 0.733. The first kappa shape index (κ1) is 11.0. The Morgan fingerprint density at radius 3 is 2.82 bits per heavy atom. The Bertz CT molecular complexity index is 558. The number of benzene rings is 1. The van der Waals surface area contributed by atoms with E-state index in [1.54, 1.807) is 12.1 Å². The smallest absolute Gasteiger partial charge is 0.127 e. The van der Waals surface area contributed by atoms with Gasteiger partial charge in [-0.25, -0.2) is 9.37 Å². The summed E-state index contributed by atoms with van der Waals surface area (Å²) in [6.45, 7) is 1.91. The van der Waals surface area contributed by atoms with Crippen molar-refractivity contribution in [2.75, 3.05) is 0 Å². The molecule has 2 aromatic rings. The molecule has 17 heavy (non-hydrogen) atoms. The van der Waals surface area contributed by atoms with Gasteiger partial charge < -0.3 is 4.57 Å². The van der Waals surface area contributed by atoms with Gasteiger partial charge in [0, 0.05) is 6.04 Å². The van der Waals surface area contributed by atoms with Gasteiger partial charge in [0.25, 0.3) is 0 Å². The van der Waals surface area contributed by atoms with Gasteiger partial charge in [0.05, 0.1) is 16.4 Å². The highest BCUT2D eigenvalue weighted by atomic mass is 35.5. The summed E-state index contributed by atoms with van der Waals surface area (Å²) in [5, 5.41) is -0.147. The SMILES string of the molecule is CC(Cl)c1nc2ccc(F)cc2n1C1CCC1. The zero-order chi connectivity index (χ0) is 12.0. The fourth-order valence-electron chi connectivity index (χ4n) is 2.39. The number of hydrogen-bond acceptors (Lipinski definition) is 1. The van der Waals surface area contributed by atoms with E-state index in [9.17, 15) is 4.39 Å². The fraction of sp³-hybridized carbons (Fsp3) is 0.462. The summed E-state index contributed by atoms with van der Waals surface area (Å²) in [7, 11) is 0. The predicted octanol–water partition coefficient (Wildman–Crippen LogP) is 4.20. The number of imidazole rings is 1. The molecule has 1 unspecified atom stereocenters. The van der Waals surface area contributed by atoms with E-state index in [0.29, 0.717) is 6.04 Å². The van der Waals surface area contributed by atoms with Gasteiger partial charge in [-0.15, -0.1) is 11.6 Å². The van der Waals surface area contributed by atoms with Crippen LogP contribution in [0.2, 0.25) is 0 Å². The summed E-state index contributed by atoms with van der Waals surface area (Å²) in [6.07, 6.45) is 3.51.